The van der Waals surface area contributed by atoms with Gasteiger partial charge < -0.3 is 18.9 Å². The van der Waals surface area contributed by atoms with E-state index in [1.54, 1.807) is 28.4 Å². The van der Waals surface area contributed by atoms with E-state index in [0.717, 1.165) is 58.4 Å². The van der Waals surface area contributed by atoms with Crippen LogP contribution < -0.4 is 28.5 Å². The smallest absolute Gasteiger partial charge is 0.169 e. The lowest BCUT2D eigenvalue weighted by Crippen LogP contribution is -2.69. The highest BCUT2D eigenvalue weighted by Gasteiger charge is 2.08. The van der Waals surface area contributed by atoms with Gasteiger partial charge in [0.15, 0.2) is 54.7 Å². The number of benzene rings is 2. The van der Waals surface area contributed by atoms with Crippen LogP contribution in [0.2, 0.25) is 0 Å². The van der Waals surface area contributed by atoms with Gasteiger partial charge in [-0.05, 0) is 23.3 Å². The molecule has 3 rings (SSSR count). The largest absolute Gasteiger partial charge is 0.493 e. The van der Waals surface area contributed by atoms with Crippen molar-refractivity contribution in [3.63, 3.8) is 0 Å². The number of nitrogens with one attached hydrogen (secondary N) is 1. The van der Waals surface area contributed by atoms with Crippen LogP contribution in [0.25, 0.3) is 18.2 Å². The lowest BCUT2D eigenvalue weighted by molar-refractivity contribution is -0.692. The van der Waals surface area contributed by atoms with E-state index >= 15 is 0 Å². The highest BCUT2D eigenvalue weighted by Crippen LogP contribution is 2.32. The first-order valence-corrected chi connectivity index (χ1v) is 16.0. The number of aromatic nitrogens is 1. The molecule has 0 aliphatic carbocycles. The van der Waals surface area contributed by atoms with Crippen molar-refractivity contribution in [3.05, 3.63) is 108 Å². The number of nitrogens with zero attached hydrogens (tertiary/aromatic N) is 1. The summed E-state index contributed by atoms with van der Waals surface area (Å²) in [5.41, 5.74) is 4.05. The third-order valence-electron chi connectivity index (χ3n) is 6.17. The van der Waals surface area contributed by atoms with Crippen LogP contribution in [-0.2, 0) is 6.54 Å². The van der Waals surface area contributed by atoms with Gasteiger partial charge in [0.1, 0.15) is 0 Å². The van der Waals surface area contributed by atoms with Crippen molar-refractivity contribution in [2.75, 3.05) is 46.5 Å². The molecule has 42 heavy (non-hydrogen) atoms. The topological polar surface area (TPSA) is 54.8 Å². The quantitative estimate of drug-likeness (QED) is 0.0719. The summed E-state index contributed by atoms with van der Waals surface area (Å²) >= 11 is 0. The van der Waals surface area contributed by atoms with E-state index in [-0.39, 0.29) is 0 Å². The Morgan fingerprint density at radius 3 is 2.00 bits per heavy atom. The van der Waals surface area contributed by atoms with Crippen molar-refractivity contribution in [2.24, 2.45) is 0 Å². The van der Waals surface area contributed by atoms with Crippen LogP contribution in [0.3, 0.4) is 0 Å². The zero-order chi connectivity index (χ0) is 30.0. The van der Waals surface area contributed by atoms with Gasteiger partial charge in [0.05, 0.1) is 39.9 Å². The maximum absolute atomic E-state index is 5.51. The summed E-state index contributed by atoms with van der Waals surface area (Å²) in [5.74, 6) is 4.93. The standard InChI is InChI=1S/C34H39N2O4S2/c1-6-27(13-15-29-9-7-11-31(37-2)33(29)39-4)17-20-35-21-25-41-42-26-24-36-22-18-28(19-23-36)14-16-30-10-8-12-32(38-3)34(30)40-5/h6-20,22-23H,1,21,24-26H2,2-5H3/q+1/p+1/b15-13+,16-14+,27-17+,35-20?. The lowest BCUT2D eigenvalue weighted by Gasteiger charge is -2.09. The molecule has 0 atom stereocenters. The van der Waals surface area contributed by atoms with Crippen molar-refractivity contribution in [1.29, 1.82) is 0 Å². The third kappa shape index (κ3) is 10.2. The third-order valence-corrected chi connectivity index (χ3v) is 8.56. The summed E-state index contributed by atoms with van der Waals surface area (Å²) in [4.78, 5) is 3.35. The number of ether oxygens (including phenoxy) is 4. The van der Waals surface area contributed by atoms with Crippen LogP contribution in [0.4, 0.5) is 0 Å². The summed E-state index contributed by atoms with van der Waals surface area (Å²) in [5, 5.41) is 0. The first-order valence-electron chi connectivity index (χ1n) is 13.5. The van der Waals surface area contributed by atoms with Gasteiger partial charge in [-0.2, -0.15) is 0 Å². The Balaban J connectivity index is 1.37. The fourth-order valence-corrected chi connectivity index (χ4v) is 5.88. The molecule has 0 spiro atoms. The molecule has 0 aliphatic heterocycles. The molecule has 0 aliphatic rings. The Morgan fingerprint density at radius 1 is 0.786 bits per heavy atom. The molecule has 0 unspecified atom stereocenters. The average Bonchev–Trinajstić information content (AvgIpc) is 3.04. The monoisotopic (exact) mass is 604 g/mol. The maximum Gasteiger partial charge on any atom is 0.169 e. The second-order valence-corrected chi connectivity index (χ2v) is 11.5. The molecule has 8 heteroatoms. The number of aryl methyl sites for hydroxylation is 1. The molecule has 1 heterocycles. The molecule has 0 saturated carbocycles. The molecule has 220 valence electrons. The van der Waals surface area contributed by atoms with Gasteiger partial charge in [-0.3, -0.25) is 0 Å². The molecule has 0 saturated heterocycles. The zero-order valence-electron chi connectivity index (χ0n) is 24.7. The predicted molar refractivity (Wildman–Crippen MR) is 179 cm³/mol. The SMILES string of the molecule is C=CC(/C=C/c1cccc(OC)c1OC)=C\C=[NH+]CCSSCC[n+]1ccc(/C=C/c2cccc(OC)c2OC)cc1. The molecule has 1 aromatic heterocycles. The Bertz CT molecular complexity index is 1400. The Kier molecular flexibility index (Phi) is 14.4. The van der Waals surface area contributed by atoms with Crippen molar-refractivity contribution >= 4 is 46.0 Å². The molecule has 0 amide bonds. The summed E-state index contributed by atoms with van der Waals surface area (Å²) in [7, 11) is 10.3. The molecule has 0 fully saturated rings. The van der Waals surface area contributed by atoms with E-state index in [1.165, 1.54) is 0 Å². The number of pyridine rings is 1. The van der Waals surface area contributed by atoms with Gasteiger partial charge in [0, 0.05) is 29.3 Å². The maximum atomic E-state index is 5.51. The van der Waals surface area contributed by atoms with Gasteiger partial charge in [0.2, 0.25) is 0 Å². The Labute approximate surface area is 257 Å². The first-order chi connectivity index (χ1) is 20.6. The van der Waals surface area contributed by atoms with E-state index in [2.05, 4.69) is 46.7 Å². The first kappa shape index (κ1) is 32.6. The van der Waals surface area contributed by atoms with Crippen LogP contribution in [0.15, 0.2) is 91.3 Å². The molecule has 0 radical (unpaired) electrons. The Morgan fingerprint density at radius 2 is 1.40 bits per heavy atom. The molecule has 3 aromatic rings. The van der Waals surface area contributed by atoms with Crippen molar-refractivity contribution in [3.8, 4) is 23.0 Å². The minimum Gasteiger partial charge on any atom is -0.493 e. The predicted octanol–water partition coefficient (Wildman–Crippen LogP) is 5.54. The van der Waals surface area contributed by atoms with Crippen LogP contribution >= 0.6 is 21.6 Å². The number of allylic oxidation sites excluding steroid dienone is 4. The molecule has 2 aromatic carbocycles. The number of para-hydroxylation sites is 2. The summed E-state index contributed by atoms with van der Waals surface area (Å²) < 4.78 is 24.0. The van der Waals surface area contributed by atoms with Crippen LogP contribution in [0.5, 0.6) is 23.0 Å². The van der Waals surface area contributed by atoms with E-state index in [0.29, 0.717) is 11.5 Å². The molecule has 0 bridgehead atoms. The summed E-state index contributed by atoms with van der Waals surface area (Å²) in [6.07, 6.45) is 18.2. The number of rotatable bonds is 17. The van der Waals surface area contributed by atoms with E-state index in [1.807, 2.05) is 94.6 Å². The second-order valence-electron chi connectivity index (χ2n) is 8.84. The minimum absolute atomic E-state index is 0.708. The second kappa shape index (κ2) is 18.5. The van der Waals surface area contributed by atoms with Crippen LogP contribution in [0.1, 0.15) is 16.7 Å². The molecule has 1 N–H and O–H groups in total. The fraction of sp³-hybridized carbons (Fsp3) is 0.235. The molecule has 6 nitrogen and oxygen atoms in total. The number of methoxy groups -OCH3 is 4. The highest BCUT2D eigenvalue weighted by molar-refractivity contribution is 8.76. The lowest BCUT2D eigenvalue weighted by atomic mass is 10.1. The van der Waals surface area contributed by atoms with Crippen molar-refractivity contribution in [2.45, 2.75) is 6.54 Å². The van der Waals surface area contributed by atoms with E-state index in [9.17, 15) is 0 Å². The highest BCUT2D eigenvalue weighted by atomic mass is 33.1. The van der Waals surface area contributed by atoms with Gasteiger partial charge in [-0.15, -0.1) is 0 Å². The zero-order valence-corrected chi connectivity index (χ0v) is 26.4. The number of hydrogen-bond acceptors (Lipinski definition) is 6. The summed E-state index contributed by atoms with van der Waals surface area (Å²) in [6, 6.07) is 15.9. The minimum atomic E-state index is 0.708. The van der Waals surface area contributed by atoms with Crippen LogP contribution in [0, 0.1) is 0 Å². The average molecular weight is 605 g/mol. The van der Waals surface area contributed by atoms with Gasteiger partial charge in [-0.1, -0.05) is 82.8 Å². The van der Waals surface area contributed by atoms with Gasteiger partial charge in [0.25, 0.3) is 0 Å². The summed E-state index contributed by atoms with van der Waals surface area (Å²) in [6.45, 7) is 5.76. The molecular formula is C34H40N2O4S2+2. The van der Waals surface area contributed by atoms with Crippen molar-refractivity contribution < 1.29 is 28.5 Å². The van der Waals surface area contributed by atoms with E-state index < -0.39 is 0 Å². The van der Waals surface area contributed by atoms with E-state index in [4.69, 9.17) is 18.9 Å². The molecular weight excluding hydrogens is 565 g/mol. The van der Waals surface area contributed by atoms with Crippen molar-refractivity contribution in [1.82, 2.24) is 0 Å². The van der Waals surface area contributed by atoms with Gasteiger partial charge >= 0.3 is 0 Å². The van der Waals surface area contributed by atoms with Gasteiger partial charge in [-0.25, -0.2) is 9.56 Å². The number of hydrogen-bond donors (Lipinski definition) is 1. The van der Waals surface area contributed by atoms with Crippen LogP contribution in [-0.4, -0.2) is 52.7 Å². The fourth-order valence-electron chi connectivity index (χ4n) is 3.98. The normalized spacial score (nSPS) is 11.9. The Hall–Kier alpha value is -3.88.